The molecule has 1 aliphatic carbocycles. The highest BCUT2D eigenvalue weighted by atomic mass is 79.9. The van der Waals surface area contributed by atoms with Crippen LogP contribution in [0.1, 0.15) is 6.42 Å². The van der Waals surface area contributed by atoms with Gasteiger partial charge in [-0.05, 0) is 18.2 Å². The third kappa shape index (κ3) is 2.35. The summed E-state index contributed by atoms with van der Waals surface area (Å²) in [5.41, 5.74) is 5.80. The monoisotopic (exact) mass is 305 g/mol. The quantitative estimate of drug-likeness (QED) is 0.933. The van der Waals surface area contributed by atoms with Crippen LogP contribution in [0.15, 0.2) is 22.7 Å². The summed E-state index contributed by atoms with van der Waals surface area (Å²) in [6, 6.07) is 5.57. The number of hydrogen-bond donors (Lipinski definition) is 1. The van der Waals surface area contributed by atoms with E-state index in [4.69, 9.17) is 26.8 Å². The molecule has 1 aliphatic rings. The van der Waals surface area contributed by atoms with Gasteiger partial charge in [-0.15, -0.1) is 0 Å². The minimum atomic E-state index is -0.0463. The molecule has 0 bridgehead atoms. The van der Waals surface area contributed by atoms with Crippen molar-refractivity contribution in [3.63, 3.8) is 0 Å². The van der Waals surface area contributed by atoms with Crippen molar-refractivity contribution in [1.29, 1.82) is 0 Å². The average molecular weight is 307 g/mol. The number of rotatable bonds is 3. The number of benzene rings is 1. The molecular formula is C11H13BrClNO2. The Balaban J connectivity index is 2.07. The Hall–Kier alpha value is -0.290. The van der Waals surface area contributed by atoms with Crippen LogP contribution in [-0.4, -0.2) is 25.4 Å². The Labute approximate surface area is 108 Å². The van der Waals surface area contributed by atoms with E-state index in [2.05, 4.69) is 15.9 Å². The first kappa shape index (κ1) is 12.2. The highest BCUT2D eigenvalue weighted by molar-refractivity contribution is 9.10. The lowest BCUT2D eigenvalue weighted by Crippen LogP contribution is -2.59. The van der Waals surface area contributed by atoms with Crippen molar-refractivity contribution >= 4 is 27.5 Å². The first-order valence-electron chi connectivity index (χ1n) is 5.02. The third-order valence-electron chi connectivity index (χ3n) is 2.74. The summed E-state index contributed by atoms with van der Waals surface area (Å²) in [7, 11) is 1.64. The molecule has 1 saturated carbocycles. The molecule has 1 aromatic rings. The van der Waals surface area contributed by atoms with E-state index in [-0.39, 0.29) is 18.2 Å². The number of ether oxygens (including phenoxy) is 2. The van der Waals surface area contributed by atoms with Gasteiger partial charge < -0.3 is 15.2 Å². The molecule has 3 nitrogen and oxygen atoms in total. The Kier molecular flexibility index (Phi) is 3.74. The Morgan fingerprint density at radius 3 is 2.88 bits per heavy atom. The molecular weight excluding hydrogens is 293 g/mol. The molecule has 0 saturated heterocycles. The maximum atomic E-state index is 6.03. The summed E-state index contributed by atoms with van der Waals surface area (Å²) < 4.78 is 12.0. The SMILES string of the molecule is COC1C(N)CC1Oc1cc(Br)ccc1Cl. The Bertz CT molecular complexity index is 388. The van der Waals surface area contributed by atoms with E-state index in [0.717, 1.165) is 10.9 Å². The lowest BCUT2D eigenvalue weighted by molar-refractivity contribution is -0.0782. The molecule has 3 atom stereocenters. The molecule has 0 amide bonds. The lowest BCUT2D eigenvalue weighted by Gasteiger charge is -2.41. The van der Waals surface area contributed by atoms with Gasteiger partial charge in [0.25, 0.3) is 0 Å². The molecule has 1 aromatic carbocycles. The van der Waals surface area contributed by atoms with E-state index in [9.17, 15) is 0 Å². The predicted molar refractivity (Wildman–Crippen MR) is 67.0 cm³/mol. The summed E-state index contributed by atoms with van der Waals surface area (Å²) in [4.78, 5) is 0. The van der Waals surface area contributed by atoms with Crippen molar-refractivity contribution in [2.75, 3.05) is 7.11 Å². The minimum Gasteiger partial charge on any atom is -0.486 e. The van der Waals surface area contributed by atoms with Crippen LogP contribution in [0, 0.1) is 0 Å². The smallest absolute Gasteiger partial charge is 0.139 e. The summed E-state index contributed by atoms with van der Waals surface area (Å²) >= 11 is 9.41. The molecule has 5 heteroatoms. The second-order valence-corrected chi connectivity index (χ2v) is 5.15. The van der Waals surface area contributed by atoms with Gasteiger partial charge in [0.2, 0.25) is 0 Å². The van der Waals surface area contributed by atoms with Crippen molar-refractivity contribution in [3.05, 3.63) is 27.7 Å². The number of methoxy groups -OCH3 is 1. The molecule has 16 heavy (non-hydrogen) atoms. The van der Waals surface area contributed by atoms with Crippen molar-refractivity contribution in [2.45, 2.75) is 24.7 Å². The van der Waals surface area contributed by atoms with Crippen LogP contribution in [0.5, 0.6) is 5.75 Å². The Morgan fingerprint density at radius 2 is 2.25 bits per heavy atom. The van der Waals surface area contributed by atoms with E-state index in [1.165, 1.54) is 0 Å². The maximum absolute atomic E-state index is 6.03. The van der Waals surface area contributed by atoms with Gasteiger partial charge >= 0.3 is 0 Å². The Morgan fingerprint density at radius 1 is 1.50 bits per heavy atom. The van der Waals surface area contributed by atoms with E-state index < -0.39 is 0 Å². The van der Waals surface area contributed by atoms with Crippen LogP contribution in [0.2, 0.25) is 5.02 Å². The normalized spacial score (nSPS) is 28.6. The molecule has 2 N–H and O–H groups in total. The van der Waals surface area contributed by atoms with Gasteiger partial charge in [0.15, 0.2) is 0 Å². The molecule has 0 heterocycles. The second kappa shape index (κ2) is 4.92. The molecule has 3 unspecified atom stereocenters. The van der Waals surface area contributed by atoms with Crippen LogP contribution in [0.25, 0.3) is 0 Å². The molecule has 2 rings (SSSR count). The zero-order valence-corrected chi connectivity index (χ0v) is 11.2. The van der Waals surface area contributed by atoms with Crippen LogP contribution in [0.3, 0.4) is 0 Å². The highest BCUT2D eigenvalue weighted by Gasteiger charge is 2.41. The van der Waals surface area contributed by atoms with Crippen LogP contribution < -0.4 is 10.5 Å². The van der Waals surface area contributed by atoms with Gasteiger partial charge in [-0.3, -0.25) is 0 Å². The van der Waals surface area contributed by atoms with Gasteiger partial charge in [0, 0.05) is 24.0 Å². The molecule has 0 aromatic heterocycles. The minimum absolute atomic E-state index is 0.00759. The van der Waals surface area contributed by atoms with Crippen LogP contribution in [-0.2, 0) is 4.74 Å². The largest absolute Gasteiger partial charge is 0.486 e. The van der Waals surface area contributed by atoms with Crippen molar-refractivity contribution in [1.82, 2.24) is 0 Å². The van der Waals surface area contributed by atoms with Gasteiger partial charge in [0.1, 0.15) is 18.0 Å². The molecule has 0 spiro atoms. The summed E-state index contributed by atoms with van der Waals surface area (Å²) in [6.45, 7) is 0. The van der Waals surface area contributed by atoms with E-state index in [1.807, 2.05) is 12.1 Å². The number of hydrogen-bond acceptors (Lipinski definition) is 3. The molecule has 88 valence electrons. The van der Waals surface area contributed by atoms with Crippen LogP contribution >= 0.6 is 27.5 Å². The average Bonchev–Trinajstić information content (AvgIpc) is 2.23. The predicted octanol–water partition coefficient (Wildman–Crippen LogP) is 2.60. The van der Waals surface area contributed by atoms with Gasteiger partial charge in [-0.1, -0.05) is 27.5 Å². The molecule has 1 fully saturated rings. The fraction of sp³-hybridized carbons (Fsp3) is 0.455. The fourth-order valence-corrected chi connectivity index (χ4v) is 2.29. The van der Waals surface area contributed by atoms with Crippen molar-refractivity contribution in [3.8, 4) is 5.75 Å². The van der Waals surface area contributed by atoms with Gasteiger partial charge in [-0.25, -0.2) is 0 Å². The van der Waals surface area contributed by atoms with E-state index in [1.54, 1.807) is 13.2 Å². The van der Waals surface area contributed by atoms with Crippen molar-refractivity contribution < 1.29 is 9.47 Å². The first-order valence-corrected chi connectivity index (χ1v) is 6.19. The standard InChI is InChI=1S/C11H13BrClNO2/c1-15-11-8(14)5-10(11)16-9-4-6(12)2-3-7(9)13/h2-4,8,10-11H,5,14H2,1H3. The van der Waals surface area contributed by atoms with E-state index in [0.29, 0.717) is 10.8 Å². The van der Waals surface area contributed by atoms with Crippen LogP contribution in [0.4, 0.5) is 0 Å². The summed E-state index contributed by atoms with van der Waals surface area (Å²) in [5, 5.41) is 0.596. The van der Waals surface area contributed by atoms with Gasteiger partial charge in [-0.2, -0.15) is 0 Å². The highest BCUT2D eigenvalue weighted by Crippen LogP contribution is 2.33. The van der Waals surface area contributed by atoms with E-state index >= 15 is 0 Å². The lowest BCUT2D eigenvalue weighted by atomic mass is 9.86. The summed E-state index contributed by atoms with van der Waals surface area (Å²) in [5.74, 6) is 0.662. The molecule has 0 radical (unpaired) electrons. The fourth-order valence-electron chi connectivity index (χ4n) is 1.79. The molecule has 0 aliphatic heterocycles. The zero-order valence-electron chi connectivity index (χ0n) is 8.82. The van der Waals surface area contributed by atoms with Gasteiger partial charge in [0.05, 0.1) is 5.02 Å². The first-order chi connectivity index (χ1) is 7.61. The number of halogens is 2. The maximum Gasteiger partial charge on any atom is 0.139 e. The third-order valence-corrected chi connectivity index (χ3v) is 3.54. The number of nitrogens with two attached hydrogens (primary N) is 1. The van der Waals surface area contributed by atoms with Crippen molar-refractivity contribution in [2.24, 2.45) is 5.73 Å². The zero-order chi connectivity index (χ0) is 11.7. The second-order valence-electron chi connectivity index (χ2n) is 3.83. The topological polar surface area (TPSA) is 44.5 Å². The summed E-state index contributed by atoms with van der Waals surface area (Å²) in [6.07, 6.45) is 0.739.